The maximum Gasteiger partial charge on any atom is 0.224 e. The molecule has 1 aliphatic heterocycles. The summed E-state index contributed by atoms with van der Waals surface area (Å²) in [4.78, 5) is 27.7. The lowest BCUT2D eigenvalue weighted by atomic mass is 10.1. The quantitative estimate of drug-likeness (QED) is 0.839. The van der Waals surface area contributed by atoms with Gasteiger partial charge in [-0.25, -0.2) is 0 Å². The SMILES string of the molecule is COc1ccccc1N(CCC(=O)N1CCCCC1)C(C)=O. The lowest BCUT2D eigenvalue weighted by Gasteiger charge is -2.28. The molecule has 1 aromatic rings. The molecule has 1 aromatic carbocycles. The maximum absolute atomic E-state index is 12.3. The zero-order chi connectivity index (χ0) is 15.9. The van der Waals surface area contributed by atoms with Crippen molar-refractivity contribution in [2.75, 3.05) is 31.6 Å². The van der Waals surface area contributed by atoms with E-state index in [2.05, 4.69) is 0 Å². The summed E-state index contributed by atoms with van der Waals surface area (Å²) >= 11 is 0. The molecule has 2 amide bonds. The molecule has 0 aromatic heterocycles. The summed E-state index contributed by atoms with van der Waals surface area (Å²) in [5.74, 6) is 0.680. The van der Waals surface area contributed by atoms with Crippen LogP contribution in [-0.2, 0) is 9.59 Å². The molecule has 1 saturated heterocycles. The molecule has 0 unspecified atom stereocenters. The van der Waals surface area contributed by atoms with Gasteiger partial charge < -0.3 is 14.5 Å². The number of likely N-dealkylation sites (tertiary alicyclic amines) is 1. The van der Waals surface area contributed by atoms with Crippen LogP contribution in [0.3, 0.4) is 0 Å². The molecule has 5 nitrogen and oxygen atoms in total. The van der Waals surface area contributed by atoms with Gasteiger partial charge in [0.15, 0.2) is 0 Å². The maximum atomic E-state index is 12.3. The third-order valence-corrected chi connectivity index (χ3v) is 4.01. The Labute approximate surface area is 131 Å². The van der Waals surface area contributed by atoms with E-state index in [1.165, 1.54) is 13.3 Å². The van der Waals surface area contributed by atoms with E-state index in [9.17, 15) is 9.59 Å². The first-order chi connectivity index (χ1) is 10.6. The van der Waals surface area contributed by atoms with Crippen molar-refractivity contribution in [2.24, 2.45) is 0 Å². The molecule has 0 aliphatic carbocycles. The van der Waals surface area contributed by atoms with E-state index in [0.29, 0.717) is 24.4 Å². The zero-order valence-electron chi connectivity index (χ0n) is 13.4. The molecule has 0 atom stereocenters. The second kappa shape index (κ2) is 7.82. The fourth-order valence-electron chi connectivity index (χ4n) is 2.81. The molecule has 0 spiro atoms. The Morgan fingerprint density at radius 2 is 1.86 bits per heavy atom. The molecule has 1 fully saturated rings. The minimum Gasteiger partial charge on any atom is -0.495 e. The third kappa shape index (κ3) is 4.00. The molecule has 5 heteroatoms. The van der Waals surface area contributed by atoms with Crippen molar-refractivity contribution in [3.05, 3.63) is 24.3 Å². The van der Waals surface area contributed by atoms with E-state index >= 15 is 0 Å². The average Bonchev–Trinajstić information content (AvgIpc) is 2.55. The summed E-state index contributed by atoms with van der Waals surface area (Å²) in [6.07, 6.45) is 3.70. The molecule has 2 rings (SSSR count). The fraction of sp³-hybridized carbons (Fsp3) is 0.529. The van der Waals surface area contributed by atoms with Crippen LogP contribution in [0.4, 0.5) is 5.69 Å². The van der Waals surface area contributed by atoms with Gasteiger partial charge in [-0.05, 0) is 31.4 Å². The van der Waals surface area contributed by atoms with Crippen LogP contribution in [0.1, 0.15) is 32.6 Å². The van der Waals surface area contributed by atoms with Crippen molar-refractivity contribution in [1.82, 2.24) is 4.90 Å². The number of para-hydroxylation sites is 2. The van der Waals surface area contributed by atoms with Crippen LogP contribution in [0.15, 0.2) is 24.3 Å². The molecule has 22 heavy (non-hydrogen) atoms. The van der Waals surface area contributed by atoms with Crippen LogP contribution < -0.4 is 9.64 Å². The Balaban J connectivity index is 2.03. The van der Waals surface area contributed by atoms with Crippen molar-refractivity contribution in [3.63, 3.8) is 0 Å². The van der Waals surface area contributed by atoms with Gasteiger partial charge in [0.2, 0.25) is 11.8 Å². The molecular weight excluding hydrogens is 280 g/mol. The van der Waals surface area contributed by atoms with Gasteiger partial charge in [-0.1, -0.05) is 12.1 Å². The van der Waals surface area contributed by atoms with Crippen LogP contribution in [0.25, 0.3) is 0 Å². The molecule has 1 aliphatic rings. The number of rotatable bonds is 5. The van der Waals surface area contributed by atoms with Crippen LogP contribution in [0, 0.1) is 0 Å². The van der Waals surface area contributed by atoms with Gasteiger partial charge in [-0.2, -0.15) is 0 Å². The first-order valence-corrected chi connectivity index (χ1v) is 7.82. The lowest BCUT2D eigenvalue weighted by Crippen LogP contribution is -2.39. The number of benzene rings is 1. The second-order valence-electron chi connectivity index (χ2n) is 5.53. The number of methoxy groups -OCH3 is 1. The minimum atomic E-state index is -0.0871. The molecule has 120 valence electrons. The predicted molar refractivity (Wildman–Crippen MR) is 86.1 cm³/mol. The van der Waals surface area contributed by atoms with Crippen LogP contribution >= 0.6 is 0 Å². The highest BCUT2D eigenvalue weighted by Crippen LogP contribution is 2.28. The van der Waals surface area contributed by atoms with Crippen molar-refractivity contribution < 1.29 is 14.3 Å². The topological polar surface area (TPSA) is 49.9 Å². The first kappa shape index (κ1) is 16.3. The lowest BCUT2D eigenvalue weighted by molar-refractivity contribution is -0.131. The summed E-state index contributed by atoms with van der Waals surface area (Å²) in [7, 11) is 1.58. The number of ether oxygens (including phenoxy) is 1. The second-order valence-corrected chi connectivity index (χ2v) is 5.53. The van der Waals surface area contributed by atoms with Gasteiger partial charge in [-0.15, -0.1) is 0 Å². The molecule has 0 saturated carbocycles. The van der Waals surface area contributed by atoms with Crippen molar-refractivity contribution >= 4 is 17.5 Å². The first-order valence-electron chi connectivity index (χ1n) is 7.82. The number of nitrogens with zero attached hydrogens (tertiary/aromatic N) is 2. The van der Waals surface area contributed by atoms with Gasteiger partial charge in [0.25, 0.3) is 0 Å². The Kier molecular flexibility index (Phi) is 5.81. The fourth-order valence-corrected chi connectivity index (χ4v) is 2.81. The van der Waals surface area contributed by atoms with Crippen LogP contribution in [0.5, 0.6) is 5.75 Å². The minimum absolute atomic E-state index is 0.0871. The van der Waals surface area contributed by atoms with Gasteiger partial charge >= 0.3 is 0 Å². The van der Waals surface area contributed by atoms with E-state index in [-0.39, 0.29) is 11.8 Å². The Bertz CT molecular complexity index is 524. The monoisotopic (exact) mass is 304 g/mol. The summed E-state index contributed by atoms with van der Waals surface area (Å²) in [6.45, 7) is 3.57. The van der Waals surface area contributed by atoms with E-state index in [4.69, 9.17) is 4.74 Å². The summed E-state index contributed by atoms with van der Waals surface area (Å²) in [6, 6.07) is 7.38. The number of carbonyl (C=O) groups is 2. The third-order valence-electron chi connectivity index (χ3n) is 4.01. The van der Waals surface area contributed by atoms with Gasteiger partial charge in [0, 0.05) is 33.0 Å². The van der Waals surface area contributed by atoms with Gasteiger partial charge in [0.1, 0.15) is 5.75 Å². The highest BCUT2D eigenvalue weighted by atomic mass is 16.5. The van der Waals surface area contributed by atoms with E-state index in [0.717, 1.165) is 25.9 Å². The normalized spacial score (nSPS) is 14.5. The van der Waals surface area contributed by atoms with Crippen molar-refractivity contribution in [2.45, 2.75) is 32.6 Å². The van der Waals surface area contributed by atoms with Gasteiger partial charge in [-0.3, -0.25) is 9.59 Å². The number of carbonyl (C=O) groups excluding carboxylic acids is 2. The number of hydrogen-bond donors (Lipinski definition) is 0. The highest BCUT2D eigenvalue weighted by Gasteiger charge is 2.20. The summed E-state index contributed by atoms with van der Waals surface area (Å²) in [5.41, 5.74) is 0.712. The van der Waals surface area contributed by atoms with E-state index in [1.54, 1.807) is 12.0 Å². The highest BCUT2D eigenvalue weighted by molar-refractivity contribution is 5.93. The van der Waals surface area contributed by atoms with Crippen molar-refractivity contribution in [3.8, 4) is 5.75 Å². The summed E-state index contributed by atoms with van der Waals surface area (Å²) < 4.78 is 5.31. The van der Waals surface area contributed by atoms with Crippen molar-refractivity contribution in [1.29, 1.82) is 0 Å². The summed E-state index contributed by atoms with van der Waals surface area (Å²) in [5, 5.41) is 0. The molecule has 0 N–H and O–H groups in total. The molecule has 0 bridgehead atoms. The van der Waals surface area contributed by atoms with Crippen LogP contribution in [0.2, 0.25) is 0 Å². The van der Waals surface area contributed by atoms with Gasteiger partial charge in [0.05, 0.1) is 12.8 Å². The number of anilines is 1. The predicted octanol–water partition coefficient (Wildman–Crippen LogP) is 2.45. The molecule has 0 radical (unpaired) electrons. The Hall–Kier alpha value is -2.04. The van der Waals surface area contributed by atoms with E-state index < -0.39 is 0 Å². The number of hydrogen-bond acceptors (Lipinski definition) is 3. The largest absolute Gasteiger partial charge is 0.495 e. The average molecular weight is 304 g/mol. The van der Waals surface area contributed by atoms with E-state index in [1.807, 2.05) is 29.2 Å². The Morgan fingerprint density at radius 1 is 1.18 bits per heavy atom. The Morgan fingerprint density at radius 3 is 2.50 bits per heavy atom. The van der Waals surface area contributed by atoms with Crippen LogP contribution in [-0.4, -0.2) is 43.5 Å². The number of amides is 2. The molecule has 1 heterocycles. The number of piperidine rings is 1. The molecular formula is C17H24N2O3. The smallest absolute Gasteiger partial charge is 0.224 e. The zero-order valence-corrected chi connectivity index (χ0v) is 13.4. The standard InChI is InChI=1S/C17H24N2O3/c1-14(20)19(15-8-4-5-9-16(15)22-2)13-10-17(21)18-11-6-3-7-12-18/h4-5,8-9H,3,6-7,10-13H2,1-2H3.